The highest BCUT2D eigenvalue weighted by molar-refractivity contribution is 14.0. The van der Waals surface area contributed by atoms with Crippen LogP contribution in [-0.2, 0) is 6.42 Å². The third kappa shape index (κ3) is 4.56. The summed E-state index contributed by atoms with van der Waals surface area (Å²) in [5.41, 5.74) is 1.07. The Balaban J connectivity index is 0.00000242. The molecule has 0 fully saturated rings. The molecule has 22 heavy (non-hydrogen) atoms. The molecule has 6 nitrogen and oxygen atoms in total. The molecule has 0 spiro atoms. The molecule has 1 aromatic carbocycles. The van der Waals surface area contributed by atoms with E-state index in [0.717, 1.165) is 49.7 Å². The number of nitrogens with zero attached hydrogens (tertiary/aromatic N) is 1. The van der Waals surface area contributed by atoms with Crippen molar-refractivity contribution in [2.75, 3.05) is 41.0 Å². The molecule has 0 saturated carbocycles. The standard InChI is InChI=1S/C15H23N3O3.HI/c1-19-12-6-5-11(13(20-2)14(12)21-3)7-10-18-15-16-8-4-9-17-15;/h5-6H,4,7-10H2,1-3H3,(H2,16,17,18);1H. The van der Waals surface area contributed by atoms with Gasteiger partial charge in [-0.3, -0.25) is 4.99 Å². The topological polar surface area (TPSA) is 64.1 Å². The summed E-state index contributed by atoms with van der Waals surface area (Å²) in [6.07, 6.45) is 1.90. The third-order valence-electron chi connectivity index (χ3n) is 3.37. The van der Waals surface area contributed by atoms with Crippen LogP contribution in [0.3, 0.4) is 0 Å². The second-order valence-corrected chi connectivity index (χ2v) is 4.68. The highest BCUT2D eigenvalue weighted by Gasteiger charge is 2.15. The molecule has 0 aliphatic carbocycles. The van der Waals surface area contributed by atoms with Crippen LogP contribution in [0.4, 0.5) is 0 Å². The van der Waals surface area contributed by atoms with Crippen molar-refractivity contribution in [1.82, 2.24) is 10.6 Å². The normalized spacial score (nSPS) is 13.3. The Morgan fingerprint density at radius 1 is 1.14 bits per heavy atom. The van der Waals surface area contributed by atoms with Gasteiger partial charge in [-0.15, -0.1) is 24.0 Å². The quantitative estimate of drug-likeness (QED) is 0.687. The van der Waals surface area contributed by atoms with Crippen molar-refractivity contribution < 1.29 is 14.2 Å². The van der Waals surface area contributed by atoms with E-state index in [4.69, 9.17) is 14.2 Å². The van der Waals surface area contributed by atoms with Crippen LogP contribution in [0.2, 0.25) is 0 Å². The molecule has 2 N–H and O–H groups in total. The second kappa shape index (κ2) is 9.60. The Morgan fingerprint density at radius 2 is 1.91 bits per heavy atom. The van der Waals surface area contributed by atoms with Gasteiger partial charge in [0.05, 0.1) is 21.3 Å². The third-order valence-corrected chi connectivity index (χ3v) is 3.37. The van der Waals surface area contributed by atoms with Gasteiger partial charge in [0.25, 0.3) is 0 Å². The first-order valence-electron chi connectivity index (χ1n) is 7.10. The smallest absolute Gasteiger partial charge is 0.203 e. The lowest BCUT2D eigenvalue weighted by atomic mass is 10.1. The first kappa shape index (κ1) is 18.7. The van der Waals surface area contributed by atoms with Crippen LogP contribution >= 0.6 is 24.0 Å². The van der Waals surface area contributed by atoms with Gasteiger partial charge in [0.1, 0.15) is 0 Å². The van der Waals surface area contributed by atoms with Crippen LogP contribution in [0, 0.1) is 0 Å². The summed E-state index contributed by atoms with van der Waals surface area (Å²) in [7, 11) is 4.87. The fourth-order valence-electron chi connectivity index (χ4n) is 2.33. The maximum absolute atomic E-state index is 5.47. The van der Waals surface area contributed by atoms with E-state index in [1.165, 1.54) is 0 Å². The maximum Gasteiger partial charge on any atom is 0.203 e. The molecule has 0 saturated heterocycles. The molecule has 2 rings (SSSR count). The van der Waals surface area contributed by atoms with Crippen molar-refractivity contribution in [3.63, 3.8) is 0 Å². The monoisotopic (exact) mass is 421 g/mol. The van der Waals surface area contributed by atoms with Crippen molar-refractivity contribution in [1.29, 1.82) is 0 Å². The average Bonchev–Trinajstić information content (AvgIpc) is 2.55. The molecule has 0 radical (unpaired) electrons. The SMILES string of the molecule is COc1ccc(CCNC2=NCCCN2)c(OC)c1OC.I. The number of nitrogens with one attached hydrogen (secondary N) is 2. The highest BCUT2D eigenvalue weighted by atomic mass is 127. The molecule has 0 aromatic heterocycles. The van der Waals surface area contributed by atoms with E-state index in [0.29, 0.717) is 11.5 Å². The molecule has 0 unspecified atom stereocenters. The van der Waals surface area contributed by atoms with E-state index in [1.807, 2.05) is 12.1 Å². The predicted octanol–water partition coefficient (Wildman–Crippen LogP) is 1.81. The minimum absolute atomic E-state index is 0. The molecule has 1 aliphatic heterocycles. The Kier molecular flexibility index (Phi) is 8.15. The molecule has 0 atom stereocenters. The molecular formula is C15H24IN3O3. The van der Waals surface area contributed by atoms with Gasteiger partial charge in [-0.25, -0.2) is 0 Å². The van der Waals surface area contributed by atoms with Crippen LogP contribution in [0.1, 0.15) is 12.0 Å². The summed E-state index contributed by atoms with van der Waals surface area (Å²) < 4.78 is 16.1. The molecule has 124 valence electrons. The molecule has 7 heteroatoms. The fourth-order valence-corrected chi connectivity index (χ4v) is 2.33. The van der Waals surface area contributed by atoms with E-state index in [1.54, 1.807) is 21.3 Å². The summed E-state index contributed by atoms with van der Waals surface area (Å²) in [5, 5.41) is 6.54. The lowest BCUT2D eigenvalue weighted by Crippen LogP contribution is -2.41. The highest BCUT2D eigenvalue weighted by Crippen LogP contribution is 2.39. The summed E-state index contributed by atoms with van der Waals surface area (Å²) in [5.74, 6) is 2.90. The number of guanidine groups is 1. The number of rotatable bonds is 6. The van der Waals surface area contributed by atoms with Crippen molar-refractivity contribution in [2.24, 2.45) is 4.99 Å². The van der Waals surface area contributed by atoms with Gasteiger partial charge >= 0.3 is 0 Å². The molecule has 1 aliphatic rings. The Morgan fingerprint density at radius 3 is 2.50 bits per heavy atom. The van der Waals surface area contributed by atoms with Crippen molar-refractivity contribution in [3.8, 4) is 17.2 Å². The zero-order chi connectivity index (χ0) is 15.1. The predicted molar refractivity (Wildman–Crippen MR) is 98.1 cm³/mol. The first-order chi connectivity index (χ1) is 10.3. The second-order valence-electron chi connectivity index (χ2n) is 4.68. The summed E-state index contributed by atoms with van der Waals surface area (Å²) >= 11 is 0. The minimum Gasteiger partial charge on any atom is -0.493 e. The van der Waals surface area contributed by atoms with E-state index >= 15 is 0 Å². The molecule has 1 aromatic rings. The number of benzene rings is 1. The maximum atomic E-state index is 5.47. The van der Waals surface area contributed by atoms with Gasteiger partial charge in [0, 0.05) is 25.2 Å². The molecule has 0 amide bonds. The van der Waals surface area contributed by atoms with Crippen molar-refractivity contribution in [2.45, 2.75) is 12.8 Å². The average molecular weight is 421 g/mol. The number of aliphatic imine (C=N–C) groups is 1. The summed E-state index contributed by atoms with van der Waals surface area (Å²) in [6.45, 7) is 2.64. The zero-order valence-corrected chi connectivity index (χ0v) is 15.6. The fraction of sp³-hybridized carbons (Fsp3) is 0.533. The number of halogens is 1. The van der Waals surface area contributed by atoms with Gasteiger partial charge in [-0.1, -0.05) is 6.07 Å². The number of ether oxygens (including phenoxy) is 3. The van der Waals surface area contributed by atoms with E-state index < -0.39 is 0 Å². The van der Waals surface area contributed by atoms with Gasteiger partial charge in [0.2, 0.25) is 5.75 Å². The van der Waals surface area contributed by atoms with Gasteiger partial charge in [0.15, 0.2) is 17.5 Å². The lowest BCUT2D eigenvalue weighted by Gasteiger charge is -2.18. The largest absolute Gasteiger partial charge is 0.493 e. The number of hydrogen-bond acceptors (Lipinski definition) is 6. The van der Waals surface area contributed by atoms with Crippen LogP contribution < -0.4 is 24.8 Å². The van der Waals surface area contributed by atoms with Crippen LogP contribution in [-0.4, -0.2) is 46.9 Å². The van der Waals surface area contributed by atoms with Crippen LogP contribution in [0.25, 0.3) is 0 Å². The zero-order valence-electron chi connectivity index (χ0n) is 13.3. The van der Waals surface area contributed by atoms with Crippen LogP contribution in [0.5, 0.6) is 17.2 Å². The Hall–Kier alpha value is -1.38. The lowest BCUT2D eigenvalue weighted by molar-refractivity contribution is 0.322. The molecular weight excluding hydrogens is 397 g/mol. The van der Waals surface area contributed by atoms with Crippen molar-refractivity contribution in [3.05, 3.63) is 17.7 Å². The molecule has 1 heterocycles. The number of methoxy groups -OCH3 is 3. The van der Waals surface area contributed by atoms with E-state index in [9.17, 15) is 0 Å². The summed E-state index contributed by atoms with van der Waals surface area (Å²) in [6, 6.07) is 3.89. The molecule has 0 bridgehead atoms. The minimum atomic E-state index is 0. The van der Waals surface area contributed by atoms with Gasteiger partial charge in [-0.05, 0) is 18.9 Å². The van der Waals surface area contributed by atoms with Crippen LogP contribution in [0.15, 0.2) is 17.1 Å². The first-order valence-corrected chi connectivity index (χ1v) is 7.10. The van der Waals surface area contributed by atoms with E-state index in [-0.39, 0.29) is 24.0 Å². The Labute approximate surface area is 148 Å². The Bertz CT molecular complexity index is 509. The van der Waals surface area contributed by atoms with E-state index in [2.05, 4.69) is 15.6 Å². The van der Waals surface area contributed by atoms with Gasteiger partial charge in [-0.2, -0.15) is 0 Å². The van der Waals surface area contributed by atoms with Gasteiger partial charge < -0.3 is 24.8 Å². The van der Waals surface area contributed by atoms with Crippen molar-refractivity contribution >= 4 is 29.9 Å². The number of hydrogen-bond donors (Lipinski definition) is 2. The summed E-state index contributed by atoms with van der Waals surface area (Å²) in [4.78, 5) is 4.38.